The van der Waals surface area contributed by atoms with Gasteiger partial charge < -0.3 is 10.2 Å². The van der Waals surface area contributed by atoms with Gasteiger partial charge in [-0.2, -0.15) is 0 Å². The number of rotatable bonds is 5. The van der Waals surface area contributed by atoms with Crippen molar-refractivity contribution in [2.24, 2.45) is 4.99 Å². The Morgan fingerprint density at radius 1 is 1.08 bits per heavy atom. The summed E-state index contributed by atoms with van der Waals surface area (Å²) in [7, 11) is 0. The lowest BCUT2D eigenvalue weighted by atomic mass is 10.1. The number of thioether (sulfide) groups is 1. The topological polar surface area (TPSA) is 44.7 Å². The van der Waals surface area contributed by atoms with E-state index in [4.69, 9.17) is 0 Å². The molecule has 1 aliphatic rings. The number of hydrogen-bond donors (Lipinski definition) is 1. The maximum absolute atomic E-state index is 12.2. The quantitative estimate of drug-likeness (QED) is 0.779. The summed E-state index contributed by atoms with van der Waals surface area (Å²) >= 11 is 1.38. The summed E-state index contributed by atoms with van der Waals surface area (Å²) in [6, 6.07) is 16.2. The Morgan fingerprint density at radius 3 is 2.42 bits per heavy atom. The SMILES string of the molecule is CCN(CC)c1ccc(/C=C2\SC(=Nc3ccccc3C)NC2=O)cc1. The molecule has 134 valence electrons. The van der Waals surface area contributed by atoms with Gasteiger partial charge in [-0.1, -0.05) is 30.3 Å². The van der Waals surface area contributed by atoms with Crippen molar-refractivity contribution in [1.82, 2.24) is 5.32 Å². The van der Waals surface area contributed by atoms with Crippen molar-refractivity contribution in [1.29, 1.82) is 0 Å². The Balaban J connectivity index is 1.77. The lowest BCUT2D eigenvalue weighted by molar-refractivity contribution is -0.115. The Kier molecular flexibility index (Phi) is 5.78. The van der Waals surface area contributed by atoms with E-state index >= 15 is 0 Å². The molecule has 0 aliphatic carbocycles. The molecule has 2 aromatic carbocycles. The highest BCUT2D eigenvalue weighted by atomic mass is 32.2. The van der Waals surface area contributed by atoms with Gasteiger partial charge in [-0.15, -0.1) is 0 Å². The van der Waals surface area contributed by atoms with Crippen LogP contribution in [0.5, 0.6) is 0 Å². The Hall–Kier alpha value is -2.53. The highest BCUT2D eigenvalue weighted by Gasteiger charge is 2.23. The second-order valence-corrected chi connectivity index (χ2v) is 7.06. The maximum atomic E-state index is 12.2. The summed E-state index contributed by atoms with van der Waals surface area (Å²) in [5, 5.41) is 3.47. The van der Waals surface area contributed by atoms with E-state index in [-0.39, 0.29) is 5.91 Å². The van der Waals surface area contributed by atoms with Crippen molar-refractivity contribution in [3.63, 3.8) is 0 Å². The number of carbonyl (C=O) groups excluding carboxylic acids is 1. The number of aryl methyl sites for hydroxylation is 1. The van der Waals surface area contributed by atoms with E-state index in [1.54, 1.807) is 0 Å². The largest absolute Gasteiger partial charge is 0.372 e. The van der Waals surface area contributed by atoms with Crippen molar-refractivity contribution < 1.29 is 4.79 Å². The van der Waals surface area contributed by atoms with Gasteiger partial charge in [0.2, 0.25) is 0 Å². The van der Waals surface area contributed by atoms with Crippen LogP contribution in [-0.2, 0) is 4.79 Å². The number of hydrogen-bond acceptors (Lipinski definition) is 4. The van der Waals surface area contributed by atoms with E-state index < -0.39 is 0 Å². The minimum absolute atomic E-state index is 0.102. The second-order valence-electron chi connectivity index (χ2n) is 6.03. The van der Waals surface area contributed by atoms with Crippen LogP contribution >= 0.6 is 11.8 Å². The predicted octanol–water partition coefficient (Wildman–Crippen LogP) is 4.73. The van der Waals surface area contributed by atoms with Crippen molar-refractivity contribution in [3.05, 3.63) is 64.6 Å². The van der Waals surface area contributed by atoms with Gasteiger partial charge in [-0.3, -0.25) is 4.79 Å². The molecule has 1 amide bonds. The molecule has 0 unspecified atom stereocenters. The molecule has 26 heavy (non-hydrogen) atoms. The molecule has 0 saturated carbocycles. The first-order chi connectivity index (χ1) is 12.6. The van der Waals surface area contributed by atoms with Crippen LogP contribution in [0.1, 0.15) is 25.0 Å². The molecule has 1 aliphatic heterocycles. The first-order valence-corrected chi connectivity index (χ1v) is 9.62. The number of benzene rings is 2. The fourth-order valence-corrected chi connectivity index (χ4v) is 3.64. The third kappa shape index (κ3) is 4.17. The Bertz CT molecular complexity index is 852. The number of amidine groups is 1. The first kappa shape index (κ1) is 18.3. The smallest absolute Gasteiger partial charge is 0.264 e. The van der Waals surface area contributed by atoms with Gasteiger partial charge in [0.05, 0.1) is 10.6 Å². The summed E-state index contributed by atoms with van der Waals surface area (Å²) in [5.41, 5.74) is 4.16. The molecule has 1 saturated heterocycles. The van der Waals surface area contributed by atoms with Crippen LogP contribution in [-0.4, -0.2) is 24.2 Å². The van der Waals surface area contributed by atoms with Crippen LogP contribution in [0.3, 0.4) is 0 Å². The zero-order valence-corrected chi connectivity index (χ0v) is 16.1. The van der Waals surface area contributed by atoms with E-state index in [2.05, 4.69) is 41.2 Å². The van der Waals surface area contributed by atoms with Gasteiger partial charge in [0.1, 0.15) is 0 Å². The van der Waals surface area contributed by atoms with E-state index in [0.29, 0.717) is 10.1 Å². The van der Waals surface area contributed by atoms with Crippen molar-refractivity contribution in [2.75, 3.05) is 18.0 Å². The normalized spacial score (nSPS) is 17.0. The number of nitrogens with zero attached hydrogens (tertiary/aromatic N) is 2. The summed E-state index contributed by atoms with van der Waals surface area (Å²) in [6.07, 6.45) is 1.91. The maximum Gasteiger partial charge on any atom is 0.264 e. The summed E-state index contributed by atoms with van der Waals surface area (Å²) in [6.45, 7) is 8.26. The molecular formula is C21H23N3OS. The van der Waals surface area contributed by atoms with E-state index in [0.717, 1.165) is 29.9 Å². The second kappa shape index (κ2) is 8.23. The zero-order chi connectivity index (χ0) is 18.5. The van der Waals surface area contributed by atoms with Gasteiger partial charge in [0.15, 0.2) is 5.17 Å². The number of para-hydroxylation sites is 1. The number of aliphatic imine (C=N–C) groups is 1. The fraction of sp³-hybridized carbons (Fsp3) is 0.238. The Labute approximate surface area is 159 Å². The number of amides is 1. The highest BCUT2D eigenvalue weighted by Crippen LogP contribution is 2.29. The van der Waals surface area contributed by atoms with E-state index in [1.165, 1.54) is 17.4 Å². The molecule has 1 fully saturated rings. The average Bonchev–Trinajstić information content (AvgIpc) is 2.98. The van der Waals surface area contributed by atoms with Crippen LogP contribution < -0.4 is 10.2 Å². The molecule has 1 heterocycles. The number of nitrogens with one attached hydrogen (secondary N) is 1. The molecular weight excluding hydrogens is 342 g/mol. The van der Waals surface area contributed by atoms with Gasteiger partial charge in [-0.25, -0.2) is 4.99 Å². The molecule has 2 aromatic rings. The molecule has 0 bridgehead atoms. The molecule has 0 atom stereocenters. The van der Waals surface area contributed by atoms with Crippen LogP contribution in [0, 0.1) is 6.92 Å². The average molecular weight is 366 g/mol. The number of anilines is 1. The van der Waals surface area contributed by atoms with Crippen LogP contribution in [0.4, 0.5) is 11.4 Å². The van der Waals surface area contributed by atoms with Crippen molar-refractivity contribution in [2.45, 2.75) is 20.8 Å². The summed E-state index contributed by atoms with van der Waals surface area (Å²) in [5.74, 6) is -0.102. The standard InChI is InChI=1S/C21H23N3OS/c1-4-24(5-2)17-12-10-16(11-13-17)14-19-20(25)23-21(26-19)22-18-9-7-6-8-15(18)3/h6-14H,4-5H2,1-3H3,(H,22,23,25)/b19-14-. The molecule has 0 aromatic heterocycles. The molecule has 5 heteroatoms. The molecule has 1 N–H and O–H groups in total. The zero-order valence-electron chi connectivity index (χ0n) is 15.3. The van der Waals surface area contributed by atoms with E-state index in [9.17, 15) is 4.79 Å². The van der Waals surface area contributed by atoms with Crippen LogP contribution in [0.15, 0.2) is 58.4 Å². The minimum atomic E-state index is -0.102. The lowest BCUT2D eigenvalue weighted by Gasteiger charge is -2.20. The third-order valence-corrected chi connectivity index (χ3v) is 5.22. The molecule has 0 radical (unpaired) electrons. The predicted molar refractivity (Wildman–Crippen MR) is 112 cm³/mol. The van der Waals surface area contributed by atoms with Crippen LogP contribution in [0.2, 0.25) is 0 Å². The van der Waals surface area contributed by atoms with E-state index in [1.807, 2.05) is 49.4 Å². The summed E-state index contributed by atoms with van der Waals surface area (Å²) in [4.78, 5) is 19.8. The monoisotopic (exact) mass is 365 g/mol. The Morgan fingerprint density at radius 2 is 1.77 bits per heavy atom. The van der Waals surface area contributed by atoms with Gasteiger partial charge in [0.25, 0.3) is 5.91 Å². The summed E-state index contributed by atoms with van der Waals surface area (Å²) < 4.78 is 0. The molecule has 0 spiro atoms. The fourth-order valence-electron chi connectivity index (χ4n) is 2.80. The van der Waals surface area contributed by atoms with Gasteiger partial charge >= 0.3 is 0 Å². The van der Waals surface area contributed by atoms with Gasteiger partial charge in [0, 0.05) is 18.8 Å². The third-order valence-electron chi connectivity index (χ3n) is 4.31. The highest BCUT2D eigenvalue weighted by molar-refractivity contribution is 8.18. The lowest BCUT2D eigenvalue weighted by Crippen LogP contribution is -2.21. The molecule has 4 nitrogen and oxygen atoms in total. The van der Waals surface area contributed by atoms with Crippen LogP contribution in [0.25, 0.3) is 6.08 Å². The van der Waals surface area contributed by atoms with Crippen molar-refractivity contribution >= 4 is 40.3 Å². The minimum Gasteiger partial charge on any atom is -0.372 e. The van der Waals surface area contributed by atoms with Crippen molar-refractivity contribution in [3.8, 4) is 0 Å². The van der Waals surface area contributed by atoms with Gasteiger partial charge in [-0.05, 0) is 67.9 Å². The number of carbonyl (C=O) groups is 1. The first-order valence-electron chi connectivity index (χ1n) is 8.81. The molecule has 3 rings (SSSR count).